The van der Waals surface area contributed by atoms with E-state index in [1.54, 1.807) is 4.90 Å². The molecule has 1 aliphatic heterocycles. The van der Waals surface area contributed by atoms with E-state index in [0.717, 1.165) is 5.69 Å². The Labute approximate surface area is 88.6 Å². The molecule has 2 amide bonds. The van der Waals surface area contributed by atoms with Crippen molar-refractivity contribution in [2.45, 2.75) is 19.0 Å². The van der Waals surface area contributed by atoms with Crippen LogP contribution in [0.1, 0.15) is 18.7 Å². The summed E-state index contributed by atoms with van der Waals surface area (Å²) < 4.78 is 0. The van der Waals surface area contributed by atoms with Crippen molar-refractivity contribution in [2.75, 3.05) is 13.1 Å². The first-order valence-corrected chi connectivity index (χ1v) is 5.13. The molecule has 0 spiro atoms. The third-order valence-electron chi connectivity index (χ3n) is 2.81. The Morgan fingerprint density at radius 1 is 1.73 bits per heavy atom. The maximum absolute atomic E-state index is 11.6. The first-order valence-electron chi connectivity index (χ1n) is 5.13. The second-order valence-electron chi connectivity index (χ2n) is 3.86. The molecule has 5 heteroatoms. The van der Waals surface area contributed by atoms with E-state index in [-0.39, 0.29) is 18.1 Å². The fourth-order valence-electron chi connectivity index (χ4n) is 1.80. The van der Waals surface area contributed by atoms with Gasteiger partial charge in [-0.1, -0.05) is 0 Å². The lowest BCUT2D eigenvalue weighted by atomic mass is 10.2. The molecule has 1 aliphatic rings. The molecule has 82 valence electrons. The van der Waals surface area contributed by atoms with Gasteiger partial charge in [0, 0.05) is 31.0 Å². The van der Waals surface area contributed by atoms with Gasteiger partial charge in [-0.3, -0.25) is 0 Å². The smallest absolute Gasteiger partial charge is 0.318 e. The number of H-pyrrole nitrogens is 1. The Bertz CT molecular complexity index is 335. The van der Waals surface area contributed by atoms with Gasteiger partial charge in [-0.15, -0.1) is 0 Å². The number of carbonyl (C=O) groups is 1. The number of amides is 2. The predicted octanol–water partition coefficient (Wildman–Crippen LogP) is 0.428. The van der Waals surface area contributed by atoms with Crippen LogP contribution >= 0.6 is 0 Å². The third kappa shape index (κ3) is 1.83. The van der Waals surface area contributed by atoms with E-state index in [0.29, 0.717) is 13.1 Å². The van der Waals surface area contributed by atoms with Crippen molar-refractivity contribution < 1.29 is 4.79 Å². The van der Waals surface area contributed by atoms with Crippen LogP contribution in [0.4, 0.5) is 4.79 Å². The Morgan fingerprint density at radius 2 is 2.53 bits per heavy atom. The summed E-state index contributed by atoms with van der Waals surface area (Å²) in [6.45, 7) is 3.12. The number of nitrogens with two attached hydrogens (primary N) is 1. The second kappa shape index (κ2) is 3.94. The SMILES string of the molecule is CC(CN)N1CC(c2ccc[nH]2)NC1=O. The van der Waals surface area contributed by atoms with Crippen molar-refractivity contribution in [3.05, 3.63) is 24.0 Å². The van der Waals surface area contributed by atoms with E-state index in [9.17, 15) is 4.79 Å². The number of hydrogen-bond acceptors (Lipinski definition) is 2. The van der Waals surface area contributed by atoms with Crippen molar-refractivity contribution in [1.82, 2.24) is 15.2 Å². The third-order valence-corrected chi connectivity index (χ3v) is 2.81. The minimum absolute atomic E-state index is 0.0347. The fourth-order valence-corrected chi connectivity index (χ4v) is 1.80. The molecule has 1 saturated heterocycles. The van der Waals surface area contributed by atoms with Crippen LogP contribution in [0.5, 0.6) is 0 Å². The van der Waals surface area contributed by atoms with Gasteiger partial charge < -0.3 is 20.9 Å². The van der Waals surface area contributed by atoms with Crippen LogP contribution in [0.3, 0.4) is 0 Å². The van der Waals surface area contributed by atoms with Crippen LogP contribution < -0.4 is 11.1 Å². The lowest BCUT2D eigenvalue weighted by Gasteiger charge is -2.21. The Balaban J connectivity index is 2.07. The molecule has 1 aromatic heterocycles. The monoisotopic (exact) mass is 208 g/mol. The zero-order valence-corrected chi connectivity index (χ0v) is 8.73. The number of aromatic amines is 1. The van der Waals surface area contributed by atoms with Crippen LogP contribution in [-0.4, -0.2) is 35.0 Å². The van der Waals surface area contributed by atoms with Gasteiger partial charge in [-0.2, -0.15) is 0 Å². The summed E-state index contributed by atoms with van der Waals surface area (Å²) in [5.74, 6) is 0. The Morgan fingerprint density at radius 3 is 3.13 bits per heavy atom. The van der Waals surface area contributed by atoms with Gasteiger partial charge in [-0.05, 0) is 19.1 Å². The van der Waals surface area contributed by atoms with Crippen LogP contribution in [0, 0.1) is 0 Å². The number of nitrogens with one attached hydrogen (secondary N) is 2. The molecule has 2 unspecified atom stereocenters. The standard InChI is InChI=1S/C10H16N4O/c1-7(5-11)14-6-9(13-10(14)15)8-3-2-4-12-8/h2-4,7,9,12H,5-6,11H2,1H3,(H,13,15). The fraction of sp³-hybridized carbons (Fsp3) is 0.500. The molecule has 4 N–H and O–H groups in total. The molecule has 0 aromatic carbocycles. The molecule has 5 nitrogen and oxygen atoms in total. The first kappa shape index (κ1) is 10.0. The summed E-state index contributed by atoms with van der Waals surface area (Å²) >= 11 is 0. The van der Waals surface area contributed by atoms with E-state index < -0.39 is 0 Å². The minimum atomic E-state index is -0.0347. The van der Waals surface area contributed by atoms with Crippen molar-refractivity contribution in [2.24, 2.45) is 5.73 Å². The maximum Gasteiger partial charge on any atom is 0.318 e. The zero-order valence-electron chi connectivity index (χ0n) is 8.73. The van der Waals surface area contributed by atoms with Crippen molar-refractivity contribution in [3.63, 3.8) is 0 Å². The second-order valence-corrected chi connectivity index (χ2v) is 3.86. The van der Waals surface area contributed by atoms with Crippen molar-refractivity contribution in [1.29, 1.82) is 0 Å². The summed E-state index contributed by atoms with van der Waals surface area (Å²) in [6.07, 6.45) is 1.86. The number of hydrogen-bond donors (Lipinski definition) is 3. The topological polar surface area (TPSA) is 74.2 Å². The van der Waals surface area contributed by atoms with Gasteiger partial charge in [0.1, 0.15) is 0 Å². The average Bonchev–Trinajstić information content (AvgIpc) is 2.84. The molecular weight excluding hydrogens is 192 g/mol. The number of aromatic nitrogens is 1. The molecule has 1 fully saturated rings. The Hall–Kier alpha value is -1.49. The first-order chi connectivity index (χ1) is 7.22. The predicted molar refractivity (Wildman–Crippen MR) is 57.3 cm³/mol. The van der Waals surface area contributed by atoms with Gasteiger partial charge >= 0.3 is 6.03 Å². The lowest BCUT2D eigenvalue weighted by molar-refractivity contribution is 0.203. The molecule has 2 heterocycles. The molecule has 0 radical (unpaired) electrons. The average molecular weight is 208 g/mol. The van der Waals surface area contributed by atoms with Crippen LogP contribution in [0.25, 0.3) is 0 Å². The molecule has 2 rings (SSSR count). The molecule has 0 aliphatic carbocycles. The number of urea groups is 1. The maximum atomic E-state index is 11.6. The highest BCUT2D eigenvalue weighted by molar-refractivity contribution is 5.77. The minimum Gasteiger partial charge on any atom is -0.363 e. The van der Waals surface area contributed by atoms with Crippen molar-refractivity contribution >= 4 is 6.03 Å². The highest BCUT2D eigenvalue weighted by Crippen LogP contribution is 2.19. The van der Waals surface area contributed by atoms with E-state index in [1.165, 1.54) is 0 Å². The van der Waals surface area contributed by atoms with Gasteiger partial charge in [0.05, 0.1) is 6.04 Å². The van der Waals surface area contributed by atoms with Gasteiger partial charge in [0.15, 0.2) is 0 Å². The summed E-state index contributed by atoms with van der Waals surface area (Å²) in [5, 5.41) is 2.92. The van der Waals surface area contributed by atoms with E-state index >= 15 is 0 Å². The van der Waals surface area contributed by atoms with E-state index in [1.807, 2.05) is 25.3 Å². The number of nitrogens with zero attached hydrogens (tertiary/aromatic N) is 1. The molecule has 1 aromatic rings. The van der Waals surface area contributed by atoms with Gasteiger partial charge in [0.25, 0.3) is 0 Å². The van der Waals surface area contributed by atoms with Gasteiger partial charge in [-0.25, -0.2) is 4.79 Å². The molecule has 2 atom stereocenters. The summed E-state index contributed by atoms with van der Waals surface area (Å²) in [5.41, 5.74) is 6.59. The highest BCUT2D eigenvalue weighted by Gasteiger charge is 2.32. The summed E-state index contributed by atoms with van der Waals surface area (Å²) in [7, 11) is 0. The van der Waals surface area contributed by atoms with Crippen LogP contribution in [-0.2, 0) is 0 Å². The molecule has 15 heavy (non-hydrogen) atoms. The van der Waals surface area contributed by atoms with Crippen LogP contribution in [0.2, 0.25) is 0 Å². The number of carbonyl (C=O) groups excluding carboxylic acids is 1. The lowest BCUT2D eigenvalue weighted by Crippen LogP contribution is -2.40. The summed E-state index contributed by atoms with van der Waals surface area (Å²) in [4.78, 5) is 16.5. The largest absolute Gasteiger partial charge is 0.363 e. The van der Waals surface area contributed by atoms with Crippen molar-refractivity contribution in [3.8, 4) is 0 Å². The number of rotatable bonds is 3. The molecular formula is C10H16N4O. The van der Waals surface area contributed by atoms with Crippen LogP contribution in [0.15, 0.2) is 18.3 Å². The zero-order chi connectivity index (χ0) is 10.8. The molecule has 0 saturated carbocycles. The molecule has 0 bridgehead atoms. The van der Waals surface area contributed by atoms with Gasteiger partial charge in [0.2, 0.25) is 0 Å². The van der Waals surface area contributed by atoms with E-state index in [2.05, 4.69) is 10.3 Å². The Kier molecular flexibility index (Phi) is 2.64. The highest BCUT2D eigenvalue weighted by atomic mass is 16.2. The quantitative estimate of drug-likeness (QED) is 0.673. The summed E-state index contributed by atoms with van der Waals surface area (Å²) in [6, 6.07) is 4.01. The normalized spacial score (nSPS) is 22.9. The van der Waals surface area contributed by atoms with E-state index in [4.69, 9.17) is 5.73 Å².